The van der Waals surface area contributed by atoms with E-state index in [9.17, 15) is 0 Å². The lowest BCUT2D eigenvalue weighted by Crippen LogP contribution is -1.76. The van der Waals surface area contributed by atoms with Crippen LogP contribution in [-0.4, -0.2) is 0 Å². The Kier molecular flexibility index (Phi) is 3.45. The predicted octanol–water partition coefficient (Wildman–Crippen LogP) is 4.49. The van der Waals surface area contributed by atoms with E-state index in [2.05, 4.69) is 6.92 Å². The molecule has 12 heavy (non-hydrogen) atoms. The van der Waals surface area contributed by atoms with Gasteiger partial charge < -0.3 is 0 Å². The molecule has 63 valence electrons. The average Bonchev–Trinajstić information content (AvgIpc) is 2.01. The molecule has 0 aliphatic heterocycles. The van der Waals surface area contributed by atoms with Crippen molar-refractivity contribution in [3.05, 3.63) is 45.8 Å². The number of hydrogen-bond acceptors (Lipinski definition) is 0. The van der Waals surface area contributed by atoms with Crippen LogP contribution in [0.2, 0.25) is 15.1 Å². The molecule has 0 aliphatic carbocycles. The second kappa shape index (κ2) is 4.18. The molecule has 1 rings (SSSR count). The van der Waals surface area contributed by atoms with E-state index in [1.165, 1.54) is 0 Å². The molecule has 0 N–H and O–H groups in total. The molecule has 0 aliphatic rings. The van der Waals surface area contributed by atoms with Crippen LogP contribution in [0.5, 0.6) is 0 Å². The van der Waals surface area contributed by atoms with Crippen molar-refractivity contribution in [1.29, 1.82) is 0 Å². The number of allylic oxidation sites excluding steroid dienone is 1. The lowest BCUT2D eigenvalue weighted by molar-refractivity contribution is 1.65. The van der Waals surface area contributed by atoms with Gasteiger partial charge in [0.2, 0.25) is 0 Å². The van der Waals surface area contributed by atoms with E-state index in [4.69, 9.17) is 34.8 Å². The van der Waals surface area contributed by atoms with Gasteiger partial charge in [-0.3, -0.25) is 0 Å². The molecular formula is C9H6Cl3. The second-order valence-electron chi connectivity index (χ2n) is 2.20. The van der Waals surface area contributed by atoms with Gasteiger partial charge in [-0.05, 0) is 24.6 Å². The first-order valence-electron chi connectivity index (χ1n) is 3.25. The Hall–Kier alpha value is -0.170. The quantitative estimate of drug-likeness (QED) is 0.612. The van der Waals surface area contributed by atoms with Crippen LogP contribution in [0.4, 0.5) is 0 Å². The SMILES string of the molecule is [CH2]C=Cc1cc(Cl)c(Cl)c(Cl)c1. The smallest absolute Gasteiger partial charge is 0.0778 e. The molecule has 1 aromatic rings. The van der Waals surface area contributed by atoms with E-state index in [1.807, 2.05) is 0 Å². The van der Waals surface area contributed by atoms with Crippen LogP contribution < -0.4 is 0 Å². The maximum Gasteiger partial charge on any atom is 0.0778 e. The average molecular weight is 221 g/mol. The Bertz CT molecular complexity index is 293. The van der Waals surface area contributed by atoms with Crippen LogP contribution in [-0.2, 0) is 0 Å². The summed E-state index contributed by atoms with van der Waals surface area (Å²) in [5.74, 6) is 0. The predicted molar refractivity (Wildman–Crippen MR) is 55.9 cm³/mol. The van der Waals surface area contributed by atoms with E-state index in [-0.39, 0.29) is 0 Å². The fraction of sp³-hybridized carbons (Fsp3) is 0. The van der Waals surface area contributed by atoms with Gasteiger partial charge >= 0.3 is 0 Å². The summed E-state index contributed by atoms with van der Waals surface area (Å²) in [5, 5.41) is 1.30. The largest absolute Gasteiger partial charge is 0.0836 e. The topological polar surface area (TPSA) is 0 Å². The Morgan fingerprint density at radius 1 is 1.08 bits per heavy atom. The van der Waals surface area contributed by atoms with Gasteiger partial charge in [0.25, 0.3) is 0 Å². The number of benzene rings is 1. The summed E-state index contributed by atoms with van der Waals surface area (Å²) < 4.78 is 0. The van der Waals surface area contributed by atoms with Crippen molar-refractivity contribution in [2.45, 2.75) is 0 Å². The van der Waals surface area contributed by atoms with Crippen molar-refractivity contribution in [1.82, 2.24) is 0 Å². The molecule has 0 fully saturated rings. The molecule has 0 aromatic heterocycles. The second-order valence-corrected chi connectivity index (χ2v) is 3.39. The highest BCUT2D eigenvalue weighted by Crippen LogP contribution is 2.31. The van der Waals surface area contributed by atoms with E-state index < -0.39 is 0 Å². The fourth-order valence-corrected chi connectivity index (χ4v) is 1.42. The third-order valence-electron chi connectivity index (χ3n) is 1.32. The Balaban J connectivity index is 3.21. The van der Waals surface area contributed by atoms with Crippen molar-refractivity contribution >= 4 is 40.9 Å². The van der Waals surface area contributed by atoms with Crippen molar-refractivity contribution < 1.29 is 0 Å². The molecule has 0 spiro atoms. The maximum absolute atomic E-state index is 5.78. The van der Waals surface area contributed by atoms with Gasteiger partial charge in [0.05, 0.1) is 15.1 Å². The minimum atomic E-state index is 0.388. The van der Waals surface area contributed by atoms with Crippen molar-refractivity contribution in [2.75, 3.05) is 0 Å². The van der Waals surface area contributed by atoms with Crippen LogP contribution in [0, 0.1) is 6.92 Å². The fourth-order valence-electron chi connectivity index (χ4n) is 0.807. The van der Waals surface area contributed by atoms with E-state index in [0.29, 0.717) is 15.1 Å². The van der Waals surface area contributed by atoms with E-state index in [0.717, 1.165) is 5.56 Å². The van der Waals surface area contributed by atoms with Crippen LogP contribution in [0.25, 0.3) is 6.08 Å². The molecule has 0 saturated heterocycles. The zero-order valence-electron chi connectivity index (χ0n) is 6.15. The molecule has 0 atom stereocenters. The summed E-state index contributed by atoms with van der Waals surface area (Å²) in [6, 6.07) is 3.47. The summed E-state index contributed by atoms with van der Waals surface area (Å²) in [6.07, 6.45) is 3.46. The summed E-state index contributed by atoms with van der Waals surface area (Å²) in [6.45, 7) is 3.56. The molecule has 0 amide bonds. The van der Waals surface area contributed by atoms with Gasteiger partial charge in [0.15, 0.2) is 0 Å². The van der Waals surface area contributed by atoms with Gasteiger partial charge in [0, 0.05) is 0 Å². The van der Waals surface area contributed by atoms with Crippen molar-refractivity contribution in [3.8, 4) is 0 Å². The Morgan fingerprint density at radius 2 is 1.58 bits per heavy atom. The van der Waals surface area contributed by atoms with Crippen LogP contribution >= 0.6 is 34.8 Å². The van der Waals surface area contributed by atoms with Crippen LogP contribution in [0.3, 0.4) is 0 Å². The van der Waals surface area contributed by atoms with Gasteiger partial charge in [-0.2, -0.15) is 0 Å². The van der Waals surface area contributed by atoms with Crippen molar-refractivity contribution in [2.24, 2.45) is 0 Å². The van der Waals surface area contributed by atoms with E-state index in [1.54, 1.807) is 24.3 Å². The Morgan fingerprint density at radius 3 is 2.00 bits per heavy atom. The number of hydrogen-bond donors (Lipinski definition) is 0. The first-order valence-corrected chi connectivity index (χ1v) is 4.39. The zero-order chi connectivity index (χ0) is 9.14. The van der Waals surface area contributed by atoms with E-state index >= 15 is 0 Å². The third-order valence-corrected chi connectivity index (χ3v) is 2.51. The molecule has 1 radical (unpaired) electrons. The normalized spacial score (nSPS) is 11.0. The molecule has 0 heterocycles. The molecular weight excluding hydrogens is 214 g/mol. The Labute approximate surface area is 86.7 Å². The highest BCUT2D eigenvalue weighted by Gasteiger charge is 2.03. The van der Waals surface area contributed by atoms with Crippen LogP contribution in [0.15, 0.2) is 18.2 Å². The molecule has 0 nitrogen and oxygen atoms in total. The summed E-state index contributed by atoms with van der Waals surface area (Å²) >= 11 is 17.3. The van der Waals surface area contributed by atoms with Gasteiger partial charge in [0.1, 0.15) is 0 Å². The zero-order valence-corrected chi connectivity index (χ0v) is 8.42. The molecule has 0 unspecified atom stereocenters. The number of rotatable bonds is 1. The van der Waals surface area contributed by atoms with Gasteiger partial charge in [-0.25, -0.2) is 0 Å². The first-order chi connectivity index (χ1) is 5.65. The van der Waals surface area contributed by atoms with Crippen LogP contribution in [0.1, 0.15) is 5.56 Å². The minimum Gasteiger partial charge on any atom is -0.0836 e. The minimum absolute atomic E-state index is 0.388. The third kappa shape index (κ3) is 2.16. The number of halogens is 3. The standard InChI is InChI=1S/C9H6Cl3/c1-2-3-6-4-7(10)9(12)8(11)5-6/h2-5H,1H2. The maximum atomic E-state index is 5.78. The van der Waals surface area contributed by atoms with Gasteiger partial charge in [-0.15, -0.1) is 0 Å². The molecule has 0 bridgehead atoms. The first kappa shape index (κ1) is 9.91. The molecule has 1 aromatic carbocycles. The summed E-state index contributed by atoms with van der Waals surface area (Å²) in [7, 11) is 0. The summed E-state index contributed by atoms with van der Waals surface area (Å²) in [5.41, 5.74) is 0.893. The molecule has 3 heteroatoms. The highest BCUT2D eigenvalue weighted by molar-refractivity contribution is 6.48. The lowest BCUT2D eigenvalue weighted by atomic mass is 10.2. The summed E-state index contributed by atoms with van der Waals surface area (Å²) in [4.78, 5) is 0. The lowest BCUT2D eigenvalue weighted by Gasteiger charge is -2.00. The highest BCUT2D eigenvalue weighted by atomic mass is 35.5. The monoisotopic (exact) mass is 219 g/mol. The van der Waals surface area contributed by atoms with Crippen molar-refractivity contribution in [3.63, 3.8) is 0 Å². The molecule has 0 saturated carbocycles. The van der Waals surface area contributed by atoms with Gasteiger partial charge in [-0.1, -0.05) is 47.0 Å².